The average molecular weight is 119 g/mol. The lowest BCUT2D eigenvalue weighted by atomic mass is 9.91. The first-order chi connectivity index (χ1) is 3.06. The van der Waals surface area contributed by atoms with Crippen molar-refractivity contribution in [1.29, 1.82) is 0 Å². The van der Waals surface area contributed by atoms with Crippen LogP contribution in [0.1, 0.15) is 49.4 Å². The van der Waals surface area contributed by atoms with Gasteiger partial charge in [-0.25, -0.2) is 0 Å². The summed E-state index contributed by atoms with van der Waals surface area (Å²) in [5, 5.41) is 0. The highest BCUT2D eigenvalue weighted by Crippen LogP contribution is 2.19. The zero-order chi connectivity index (χ0) is 5.91. The van der Waals surface area contributed by atoms with E-state index >= 15 is 0 Å². The summed E-state index contributed by atoms with van der Waals surface area (Å²) in [5.41, 5.74) is 0.550. The molecule has 0 heteroatoms. The molecule has 8 heavy (non-hydrogen) atoms. The molecule has 0 saturated carbocycles. The second kappa shape index (κ2) is 3.94. The molecule has 0 amide bonds. The van der Waals surface area contributed by atoms with Crippen LogP contribution < -0.4 is 0 Å². The summed E-state index contributed by atoms with van der Waals surface area (Å²) in [6.45, 7) is 9.05. The molecule has 0 heterocycles. The molecule has 0 radical (unpaired) electrons. The second-order valence-electron chi connectivity index (χ2n) is 3.31. The van der Waals surface area contributed by atoms with Crippen molar-refractivity contribution in [2.75, 3.05) is 0 Å². The first-order valence-corrected chi connectivity index (χ1v) is 3.06. The molecule has 0 N–H and O–H groups in total. The monoisotopic (exact) mass is 119 g/mol. The molecule has 0 aromatic carbocycles. The molecule has 0 spiro atoms. The largest absolute Gasteiger partial charge is 0.0776 e. The Kier molecular flexibility index (Phi) is 5.36. The molecule has 0 unspecified atom stereocenters. The van der Waals surface area contributed by atoms with Crippen molar-refractivity contribution in [3.8, 4) is 0 Å². The van der Waals surface area contributed by atoms with E-state index in [2.05, 4.69) is 27.7 Å². The van der Waals surface area contributed by atoms with Crippen molar-refractivity contribution in [2.24, 2.45) is 5.41 Å². The minimum atomic E-state index is 0. The van der Waals surface area contributed by atoms with Crippen molar-refractivity contribution in [2.45, 2.75) is 48.0 Å². The van der Waals surface area contributed by atoms with Crippen molar-refractivity contribution >= 4 is 0 Å². The minimum Gasteiger partial charge on any atom is -0.0776 e. The zero-order valence-corrected chi connectivity index (χ0v) is 5.91. The first kappa shape index (κ1) is 10.9. The number of rotatable bonds is 1. The van der Waals surface area contributed by atoms with Crippen LogP contribution in [0.2, 0.25) is 0 Å². The Morgan fingerprint density at radius 1 is 1.25 bits per heavy atom. The van der Waals surface area contributed by atoms with Crippen molar-refractivity contribution in [3.05, 3.63) is 0 Å². The van der Waals surface area contributed by atoms with Gasteiger partial charge in [-0.15, -0.1) is 0 Å². The summed E-state index contributed by atoms with van der Waals surface area (Å²) in [7, 11) is 0. The Morgan fingerprint density at radius 3 is 1.62 bits per heavy atom. The van der Waals surface area contributed by atoms with Crippen LogP contribution in [0.15, 0.2) is 0 Å². The Hall–Kier alpha value is 0. The van der Waals surface area contributed by atoms with Gasteiger partial charge in [-0.1, -0.05) is 41.5 Å². The first-order valence-electron chi connectivity index (χ1n) is 3.06. The van der Waals surface area contributed by atoms with Gasteiger partial charge in [-0.05, 0) is 11.8 Å². The van der Waals surface area contributed by atoms with Crippen LogP contribution in [0.4, 0.5) is 0 Å². The van der Waals surface area contributed by atoms with E-state index < -0.39 is 0 Å². The SMILES string of the molecule is C.CCCC(C)(C)C.[2HH]. The molecule has 0 atom stereocenters. The van der Waals surface area contributed by atoms with Crippen LogP contribution in [-0.2, 0) is 0 Å². The molecule has 0 saturated heterocycles. The Labute approximate surface area is 55.8 Å². The van der Waals surface area contributed by atoms with Crippen LogP contribution in [0.3, 0.4) is 0 Å². The molecular weight excluding hydrogens is 96.1 g/mol. The van der Waals surface area contributed by atoms with Gasteiger partial charge in [0.25, 0.3) is 0 Å². The summed E-state index contributed by atoms with van der Waals surface area (Å²) >= 11 is 0. The van der Waals surface area contributed by atoms with E-state index in [0.717, 1.165) is 0 Å². The molecule has 0 bridgehead atoms. The minimum absolute atomic E-state index is 0. The predicted octanol–water partition coefficient (Wildman–Crippen LogP) is 3.71. The lowest BCUT2D eigenvalue weighted by Gasteiger charge is -2.15. The second-order valence-corrected chi connectivity index (χ2v) is 3.31. The van der Waals surface area contributed by atoms with E-state index in [1.165, 1.54) is 12.8 Å². The maximum atomic E-state index is 2.27. The lowest BCUT2D eigenvalue weighted by molar-refractivity contribution is 0.373. The van der Waals surface area contributed by atoms with Gasteiger partial charge in [0.05, 0.1) is 0 Å². The number of hydrogen-bond acceptors (Lipinski definition) is 0. The van der Waals surface area contributed by atoms with Crippen LogP contribution in [0, 0.1) is 5.41 Å². The van der Waals surface area contributed by atoms with E-state index in [1.807, 2.05) is 0 Å². The normalized spacial score (nSPS) is 10.5. The van der Waals surface area contributed by atoms with Gasteiger partial charge in [0.2, 0.25) is 0 Å². The highest BCUT2D eigenvalue weighted by molar-refractivity contribution is 4.58. The van der Waals surface area contributed by atoms with Crippen molar-refractivity contribution < 1.29 is 1.43 Å². The van der Waals surface area contributed by atoms with E-state index in [0.29, 0.717) is 5.41 Å². The maximum absolute atomic E-state index is 2.27. The fourth-order valence-corrected chi connectivity index (χ4v) is 0.750. The fourth-order valence-electron chi connectivity index (χ4n) is 0.750. The summed E-state index contributed by atoms with van der Waals surface area (Å²) in [4.78, 5) is 0. The van der Waals surface area contributed by atoms with E-state index in [-0.39, 0.29) is 8.85 Å². The molecule has 0 nitrogen and oxygen atoms in total. The van der Waals surface area contributed by atoms with Gasteiger partial charge >= 0.3 is 0 Å². The smallest absolute Gasteiger partial charge is 0 e. The molecule has 0 aliphatic rings. The average Bonchev–Trinajstić information content (AvgIpc) is 1.30. The quantitative estimate of drug-likeness (QED) is 0.493. The van der Waals surface area contributed by atoms with Gasteiger partial charge in [0.15, 0.2) is 0 Å². The number of hydrogen-bond donors (Lipinski definition) is 0. The summed E-state index contributed by atoms with van der Waals surface area (Å²) in [5.74, 6) is 0. The van der Waals surface area contributed by atoms with Gasteiger partial charge in [-0.2, -0.15) is 0 Å². The van der Waals surface area contributed by atoms with Gasteiger partial charge in [0, 0.05) is 1.43 Å². The Bertz CT molecular complexity index is 43.0. The topological polar surface area (TPSA) is 0 Å². The van der Waals surface area contributed by atoms with Crippen LogP contribution in [-0.4, -0.2) is 0 Å². The van der Waals surface area contributed by atoms with Crippen LogP contribution in [0.5, 0.6) is 0 Å². The van der Waals surface area contributed by atoms with Gasteiger partial charge in [0.1, 0.15) is 0 Å². The predicted molar refractivity (Wildman–Crippen MR) is 43.2 cm³/mol. The molecule has 54 valence electrons. The maximum Gasteiger partial charge on any atom is 0 e. The molecular formula is C8H22. The summed E-state index contributed by atoms with van der Waals surface area (Å²) < 4.78 is 0. The molecule has 0 rings (SSSR count). The van der Waals surface area contributed by atoms with Crippen molar-refractivity contribution in [3.63, 3.8) is 0 Å². The van der Waals surface area contributed by atoms with E-state index in [9.17, 15) is 0 Å². The molecule has 0 aliphatic heterocycles. The third-order valence-corrected chi connectivity index (χ3v) is 1.000. The molecule has 0 aromatic rings. The standard InChI is InChI=1S/C7H16.CH4.H2/c1-5-6-7(2,3)4;;/h5-6H2,1-4H3;1H4;1H/i;;1+1. The van der Waals surface area contributed by atoms with Crippen LogP contribution in [0.25, 0.3) is 0 Å². The van der Waals surface area contributed by atoms with E-state index in [4.69, 9.17) is 0 Å². The lowest BCUT2D eigenvalue weighted by Crippen LogP contribution is -2.02. The Balaban J connectivity index is -0.000000180. The highest BCUT2D eigenvalue weighted by Gasteiger charge is 2.06. The molecule has 0 fully saturated rings. The third-order valence-electron chi connectivity index (χ3n) is 1.000. The van der Waals surface area contributed by atoms with E-state index in [1.54, 1.807) is 0 Å². The molecule has 0 aliphatic carbocycles. The molecule has 0 aromatic heterocycles. The summed E-state index contributed by atoms with van der Waals surface area (Å²) in [6, 6.07) is 0. The Morgan fingerprint density at radius 2 is 1.62 bits per heavy atom. The van der Waals surface area contributed by atoms with Gasteiger partial charge < -0.3 is 0 Å². The fraction of sp³-hybridized carbons (Fsp3) is 1.00. The zero-order valence-electron chi connectivity index (χ0n) is 5.91. The highest BCUT2D eigenvalue weighted by atomic mass is 14.1. The van der Waals surface area contributed by atoms with Gasteiger partial charge in [-0.3, -0.25) is 0 Å². The van der Waals surface area contributed by atoms with Crippen molar-refractivity contribution in [1.82, 2.24) is 0 Å². The van der Waals surface area contributed by atoms with Crippen LogP contribution >= 0.6 is 0 Å². The summed E-state index contributed by atoms with van der Waals surface area (Å²) in [6.07, 6.45) is 2.65. The third kappa shape index (κ3) is 9.38.